The second kappa shape index (κ2) is 15.3. The molecule has 66 heavy (non-hydrogen) atoms. The minimum Gasteiger partial charge on any atom is -0.359 e. The predicted octanol–water partition coefficient (Wildman–Crippen LogP) is 13.9. The third kappa shape index (κ3) is 5.94. The zero-order chi connectivity index (χ0) is 43.6. The van der Waals surface area contributed by atoms with Gasteiger partial charge in [0.15, 0.2) is 0 Å². The Morgan fingerprint density at radius 2 is 0.879 bits per heavy atom. The first-order valence-corrected chi connectivity index (χ1v) is 22.8. The molecule has 10 aromatic rings. The molecule has 1 atom stereocenters. The molecule has 3 heteroatoms. The lowest BCUT2D eigenvalue weighted by Crippen LogP contribution is -2.39. The monoisotopic (exact) mass is 841 g/mol. The number of hydrogen-bond acceptors (Lipinski definition) is 3. The first-order valence-electron chi connectivity index (χ1n) is 22.8. The van der Waals surface area contributed by atoms with Crippen LogP contribution < -0.4 is 20.8 Å². The molecule has 0 saturated heterocycles. The Hall–Kier alpha value is -8.53. The van der Waals surface area contributed by atoms with Gasteiger partial charge >= 0.3 is 0 Å². The molecule has 1 spiro atoms. The largest absolute Gasteiger partial charge is 0.359 e. The number of anilines is 3. The maximum Gasteiger partial charge on any atom is 0.145 e. The van der Waals surface area contributed by atoms with Gasteiger partial charge in [0.05, 0.1) is 27.8 Å². The van der Waals surface area contributed by atoms with Gasteiger partial charge in [-0.25, -0.2) is 0 Å². The van der Waals surface area contributed by atoms with Gasteiger partial charge in [-0.2, -0.15) is 0 Å². The number of para-hydroxylation sites is 4. The van der Waals surface area contributed by atoms with Gasteiger partial charge in [-0.05, 0) is 126 Å². The van der Waals surface area contributed by atoms with Crippen molar-refractivity contribution in [3.8, 4) is 44.5 Å². The number of benzene rings is 10. The number of nitrogens with one attached hydrogen (secondary N) is 1. The highest BCUT2D eigenvalue weighted by Crippen LogP contribution is 2.63. The molecule has 1 unspecified atom stereocenters. The lowest BCUT2D eigenvalue weighted by molar-refractivity contribution is 0.634. The van der Waals surface area contributed by atoms with Gasteiger partial charge in [0.1, 0.15) is 6.17 Å². The Morgan fingerprint density at radius 1 is 0.364 bits per heavy atom. The second-order valence-corrected chi connectivity index (χ2v) is 17.5. The zero-order valence-electron chi connectivity index (χ0n) is 36.1. The van der Waals surface area contributed by atoms with Crippen molar-refractivity contribution in [1.29, 1.82) is 0 Å². The van der Waals surface area contributed by atoms with Gasteiger partial charge in [0.25, 0.3) is 0 Å². The van der Waals surface area contributed by atoms with E-state index in [-0.39, 0.29) is 6.17 Å². The molecular formula is C63H43N3. The highest BCUT2D eigenvalue weighted by Gasteiger charge is 2.51. The second-order valence-electron chi connectivity index (χ2n) is 17.5. The SMILES string of the molecule is c1ccc(-c2ccc(C3=c4ccccc4=NC(c4cccc(-c5cccc(-c6ccc7c(c6)C6(c8ccccc8-7)c7ccccc7N(c7ccccc7)c7ccccc76)c5)c4)N3)cc2)cc1. The van der Waals surface area contributed by atoms with E-state index in [1.807, 2.05) is 0 Å². The van der Waals surface area contributed by atoms with E-state index in [1.54, 1.807) is 0 Å². The van der Waals surface area contributed by atoms with Crippen LogP contribution in [0.5, 0.6) is 0 Å². The van der Waals surface area contributed by atoms with E-state index in [2.05, 4.69) is 259 Å². The van der Waals surface area contributed by atoms with Crippen molar-refractivity contribution in [2.45, 2.75) is 11.6 Å². The van der Waals surface area contributed by atoms with Crippen LogP contribution in [-0.4, -0.2) is 0 Å². The van der Waals surface area contributed by atoms with Gasteiger partial charge in [-0.3, -0.25) is 4.99 Å². The average Bonchev–Trinajstić information content (AvgIpc) is 3.69. The van der Waals surface area contributed by atoms with Crippen molar-refractivity contribution < 1.29 is 0 Å². The zero-order valence-corrected chi connectivity index (χ0v) is 36.1. The third-order valence-corrected chi connectivity index (χ3v) is 13.9. The summed E-state index contributed by atoms with van der Waals surface area (Å²) < 4.78 is 0. The third-order valence-electron chi connectivity index (χ3n) is 13.9. The Balaban J connectivity index is 0.888. The minimum absolute atomic E-state index is 0.250. The molecule has 2 aliphatic heterocycles. The van der Waals surface area contributed by atoms with Crippen molar-refractivity contribution in [2.24, 2.45) is 4.99 Å². The van der Waals surface area contributed by atoms with Gasteiger partial charge in [0.2, 0.25) is 0 Å². The highest BCUT2D eigenvalue weighted by atomic mass is 15.2. The van der Waals surface area contributed by atoms with Crippen LogP contribution in [0, 0.1) is 0 Å². The Bertz CT molecular complexity index is 3580. The quantitative estimate of drug-likeness (QED) is 0.181. The van der Waals surface area contributed by atoms with E-state index in [1.165, 1.54) is 67.0 Å². The first-order chi connectivity index (χ1) is 32.7. The van der Waals surface area contributed by atoms with Crippen LogP contribution in [-0.2, 0) is 5.41 Å². The fourth-order valence-corrected chi connectivity index (χ4v) is 10.9. The standard InChI is InChI=1S/C63H43N3/c1-3-17-42(18-4-1)43-33-35-44(36-34-43)61-53-26-8-12-30-58(53)64-62(65-61)49-22-16-21-47(40-49)45-19-15-20-46(39-45)48-37-38-52-51-25-7-9-27-54(51)63(57(52)41-48)55-28-10-13-31-59(55)66(50-23-5-2-6-24-50)60-32-14-11-29-56(60)63/h1-41,62,65H. The van der Waals surface area contributed by atoms with Crippen LogP contribution in [0.3, 0.4) is 0 Å². The lowest BCUT2D eigenvalue weighted by Gasteiger charge is -2.45. The molecule has 3 aliphatic rings. The summed E-state index contributed by atoms with van der Waals surface area (Å²) in [5.74, 6) is 0. The summed E-state index contributed by atoms with van der Waals surface area (Å²) in [4.78, 5) is 7.71. The molecule has 1 aliphatic carbocycles. The molecule has 0 saturated carbocycles. The molecule has 0 amide bonds. The van der Waals surface area contributed by atoms with E-state index >= 15 is 0 Å². The van der Waals surface area contributed by atoms with Crippen molar-refractivity contribution in [1.82, 2.24) is 5.32 Å². The summed E-state index contributed by atoms with van der Waals surface area (Å²) >= 11 is 0. The van der Waals surface area contributed by atoms with Gasteiger partial charge in [-0.15, -0.1) is 0 Å². The maximum absolute atomic E-state index is 5.27. The minimum atomic E-state index is -0.513. The Kier molecular flexibility index (Phi) is 8.82. The molecule has 0 radical (unpaired) electrons. The molecule has 310 valence electrons. The number of hydrogen-bond donors (Lipinski definition) is 1. The van der Waals surface area contributed by atoms with Crippen LogP contribution in [0.4, 0.5) is 17.1 Å². The van der Waals surface area contributed by atoms with Crippen molar-refractivity contribution in [2.75, 3.05) is 4.90 Å². The van der Waals surface area contributed by atoms with E-state index in [4.69, 9.17) is 4.99 Å². The Morgan fingerprint density at radius 3 is 1.62 bits per heavy atom. The number of rotatable bonds is 6. The number of fused-ring (bicyclic) bond motifs is 10. The van der Waals surface area contributed by atoms with Gasteiger partial charge in [-0.1, -0.05) is 200 Å². The van der Waals surface area contributed by atoms with Crippen LogP contribution in [0.25, 0.3) is 50.2 Å². The van der Waals surface area contributed by atoms with Gasteiger partial charge < -0.3 is 10.2 Å². The summed E-state index contributed by atoms with van der Waals surface area (Å²) in [7, 11) is 0. The topological polar surface area (TPSA) is 27.6 Å². The highest BCUT2D eigenvalue weighted by molar-refractivity contribution is 5.96. The maximum atomic E-state index is 5.27. The number of nitrogens with zero attached hydrogens (tertiary/aromatic N) is 2. The molecule has 10 aromatic carbocycles. The molecular weight excluding hydrogens is 799 g/mol. The molecule has 1 N–H and O–H groups in total. The molecule has 3 nitrogen and oxygen atoms in total. The summed E-state index contributed by atoms with van der Waals surface area (Å²) in [6.07, 6.45) is -0.250. The fourth-order valence-electron chi connectivity index (χ4n) is 10.9. The van der Waals surface area contributed by atoms with E-state index in [0.717, 1.165) is 44.2 Å². The summed E-state index contributed by atoms with van der Waals surface area (Å²) in [5, 5.41) is 5.95. The summed E-state index contributed by atoms with van der Waals surface area (Å²) in [6.45, 7) is 0. The molecule has 2 heterocycles. The molecule has 0 aromatic heterocycles. The predicted molar refractivity (Wildman–Crippen MR) is 270 cm³/mol. The molecule has 13 rings (SSSR count). The lowest BCUT2D eigenvalue weighted by atomic mass is 9.64. The summed E-state index contributed by atoms with van der Waals surface area (Å²) in [5.41, 5.74) is 21.3. The van der Waals surface area contributed by atoms with E-state index in [0.29, 0.717) is 0 Å². The van der Waals surface area contributed by atoms with Crippen LogP contribution in [0.1, 0.15) is 39.5 Å². The van der Waals surface area contributed by atoms with Crippen LogP contribution in [0.15, 0.2) is 254 Å². The van der Waals surface area contributed by atoms with Gasteiger partial charge in [0, 0.05) is 10.9 Å². The molecule has 0 bridgehead atoms. The fraction of sp³-hybridized carbons (Fsp3) is 0.0317. The van der Waals surface area contributed by atoms with Crippen molar-refractivity contribution >= 4 is 22.8 Å². The van der Waals surface area contributed by atoms with Crippen LogP contribution >= 0.6 is 0 Å². The van der Waals surface area contributed by atoms with Crippen molar-refractivity contribution in [3.05, 3.63) is 293 Å². The van der Waals surface area contributed by atoms with Crippen molar-refractivity contribution in [3.63, 3.8) is 0 Å². The summed E-state index contributed by atoms with van der Waals surface area (Å²) in [6, 6.07) is 90.8. The molecule has 0 fully saturated rings. The Labute approximate surface area is 385 Å². The van der Waals surface area contributed by atoms with E-state index < -0.39 is 5.41 Å². The van der Waals surface area contributed by atoms with E-state index in [9.17, 15) is 0 Å². The smallest absolute Gasteiger partial charge is 0.145 e. The normalized spacial score (nSPS) is 14.8. The average molecular weight is 842 g/mol. The first kappa shape index (κ1) is 38.0. The van der Waals surface area contributed by atoms with Crippen LogP contribution in [0.2, 0.25) is 0 Å².